The molecule has 2 aromatic carbocycles. The molecule has 0 aliphatic carbocycles. The number of hydrogen-bond donors (Lipinski definition) is 2. The molecule has 7 nitrogen and oxygen atoms in total. The average Bonchev–Trinajstić information content (AvgIpc) is 2.74. The fourth-order valence-corrected chi connectivity index (χ4v) is 3.09. The molecule has 0 aliphatic rings. The summed E-state index contributed by atoms with van der Waals surface area (Å²) in [4.78, 5) is 18.2. The number of amides is 1. The Kier molecular flexibility index (Phi) is 11.8. The van der Waals surface area contributed by atoms with Gasteiger partial charge in [0.1, 0.15) is 11.5 Å². The van der Waals surface area contributed by atoms with Crippen LogP contribution in [0.1, 0.15) is 30.9 Å². The molecule has 0 atom stereocenters. The van der Waals surface area contributed by atoms with Crippen molar-refractivity contribution in [2.45, 2.75) is 32.9 Å². The van der Waals surface area contributed by atoms with E-state index in [0.29, 0.717) is 19.5 Å². The Morgan fingerprint density at radius 3 is 2.55 bits per heavy atom. The van der Waals surface area contributed by atoms with Crippen LogP contribution in [-0.4, -0.2) is 45.1 Å². The SMILES string of the molecule is CCCC(=O)Nc1cccc(CNC(=NC)N(C)Cc2ccc(OC)cc2OC)c1.I. The highest BCUT2D eigenvalue weighted by Crippen LogP contribution is 2.25. The number of guanidine groups is 1. The molecule has 0 bridgehead atoms. The Hall–Kier alpha value is -2.49. The number of nitrogens with one attached hydrogen (secondary N) is 2. The minimum absolute atomic E-state index is 0. The lowest BCUT2D eigenvalue weighted by atomic mass is 10.1. The molecular weight excluding hydrogens is 507 g/mol. The van der Waals surface area contributed by atoms with Gasteiger partial charge in [0.2, 0.25) is 5.91 Å². The van der Waals surface area contributed by atoms with Crippen LogP contribution in [0.5, 0.6) is 11.5 Å². The third-order valence-corrected chi connectivity index (χ3v) is 4.61. The van der Waals surface area contributed by atoms with Crippen molar-refractivity contribution in [2.24, 2.45) is 4.99 Å². The first-order valence-electron chi connectivity index (χ1n) is 10.0. The standard InChI is InChI=1S/C23H32N4O3.HI/c1-6-8-22(28)26-19-10-7-9-17(13-19)15-25-23(24-2)27(3)16-18-11-12-20(29-4)14-21(18)30-5;/h7,9-14H,6,8,15-16H2,1-5H3,(H,24,25)(H,26,28);1H. The molecule has 0 radical (unpaired) electrons. The second-order valence-corrected chi connectivity index (χ2v) is 6.93. The summed E-state index contributed by atoms with van der Waals surface area (Å²) in [5.74, 6) is 2.32. The minimum Gasteiger partial charge on any atom is -0.497 e. The molecule has 0 spiro atoms. The van der Waals surface area contributed by atoms with E-state index in [4.69, 9.17) is 9.47 Å². The second kappa shape index (κ2) is 13.7. The Balaban J connectivity index is 0.00000480. The number of benzene rings is 2. The number of methoxy groups -OCH3 is 2. The van der Waals surface area contributed by atoms with Gasteiger partial charge in [0, 0.05) is 50.9 Å². The minimum atomic E-state index is 0. The van der Waals surface area contributed by atoms with Crippen LogP contribution >= 0.6 is 24.0 Å². The maximum absolute atomic E-state index is 11.8. The van der Waals surface area contributed by atoms with Gasteiger partial charge in [-0.05, 0) is 36.2 Å². The number of hydrogen-bond acceptors (Lipinski definition) is 4. The number of anilines is 1. The first-order chi connectivity index (χ1) is 14.5. The van der Waals surface area contributed by atoms with E-state index in [9.17, 15) is 4.79 Å². The van der Waals surface area contributed by atoms with Gasteiger partial charge in [0.25, 0.3) is 0 Å². The van der Waals surface area contributed by atoms with Crippen LogP contribution in [0.2, 0.25) is 0 Å². The van der Waals surface area contributed by atoms with Crippen LogP contribution in [0, 0.1) is 0 Å². The van der Waals surface area contributed by atoms with Gasteiger partial charge in [-0.25, -0.2) is 0 Å². The molecule has 0 saturated heterocycles. The molecule has 2 aromatic rings. The first-order valence-corrected chi connectivity index (χ1v) is 10.0. The lowest BCUT2D eigenvalue weighted by Crippen LogP contribution is -2.38. The van der Waals surface area contributed by atoms with E-state index < -0.39 is 0 Å². The molecule has 170 valence electrons. The molecule has 31 heavy (non-hydrogen) atoms. The van der Waals surface area contributed by atoms with Gasteiger partial charge in [0.05, 0.1) is 14.2 Å². The van der Waals surface area contributed by atoms with Crippen molar-refractivity contribution in [3.8, 4) is 11.5 Å². The van der Waals surface area contributed by atoms with Gasteiger partial charge in [-0.15, -0.1) is 24.0 Å². The van der Waals surface area contributed by atoms with Gasteiger partial charge in [-0.3, -0.25) is 9.79 Å². The average molecular weight is 540 g/mol. The van der Waals surface area contributed by atoms with Crippen molar-refractivity contribution < 1.29 is 14.3 Å². The number of halogens is 1. The van der Waals surface area contributed by atoms with Crippen molar-refractivity contribution in [3.05, 3.63) is 53.6 Å². The van der Waals surface area contributed by atoms with Crippen molar-refractivity contribution in [3.63, 3.8) is 0 Å². The van der Waals surface area contributed by atoms with Gasteiger partial charge in [0.15, 0.2) is 5.96 Å². The molecular formula is C23H33IN4O3. The van der Waals surface area contributed by atoms with Gasteiger partial charge in [-0.2, -0.15) is 0 Å². The Morgan fingerprint density at radius 1 is 1.13 bits per heavy atom. The monoisotopic (exact) mass is 540 g/mol. The predicted octanol–water partition coefficient (Wildman–Crippen LogP) is 4.27. The molecule has 0 aliphatic heterocycles. The number of carbonyl (C=O) groups excluding carboxylic acids is 1. The van der Waals surface area contributed by atoms with Gasteiger partial charge < -0.3 is 25.0 Å². The lowest BCUT2D eigenvalue weighted by Gasteiger charge is -2.23. The van der Waals surface area contributed by atoms with E-state index in [1.807, 2.05) is 61.3 Å². The quantitative estimate of drug-likeness (QED) is 0.283. The van der Waals surface area contributed by atoms with E-state index in [1.54, 1.807) is 21.3 Å². The van der Waals surface area contributed by atoms with Crippen LogP contribution in [0.3, 0.4) is 0 Å². The zero-order valence-corrected chi connectivity index (χ0v) is 21.2. The summed E-state index contributed by atoms with van der Waals surface area (Å²) in [6.45, 7) is 3.21. The van der Waals surface area contributed by atoms with Crippen molar-refractivity contribution in [2.75, 3.05) is 33.6 Å². The van der Waals surface area contributed by atoms with E-state index in [-0.39, 0.29) is 29.9 Å². The Labute approximate surface area is 202 Å². The van der Waals surface area contributed by atoms with Crippen molar-refractivity contribution in [1.82, 2.24) is 10.2 Å². The summed E-state index contributed by atoms with van der Waals surface area (Å²) in [7, 11) is 7.01. The molecule has 0 saturated carbocycles. The lowest BCUT2D eigenvalue weighted by molar-refractivity contribution is -0.116. The van der Waals surface area contributed by atoms with Crippen molar-refractivity contribution in [1.29, 1.82) is 0 Å². The third kappa shape index (κ3) is 8.28. The summed E-state index contributed by atoms with van der Waals surface area (Å²) in [5.41, 5.74) is 2.89. The third-order valence-electron chi connectivity index (χ3n) is 4.61. The predicted molar refractivity (Wildman–Crippen MR) is 137 cm³/mol. The second-order valence-electron chi connectivity index (χ2n) is 6.93. The maximum atomic E-state index is 11.8. The molecule has 0 fully saturated rings. The smallest absolute Gasteiger partial charge is 0.224 e. The van der Waals surface area contributed by atoms with Crippen LogP contribution in [0.25, 0.3) is 0 Å². The summed E-state index contributed by atoms with van der Waals surface area (Å²) in [6.07, 6.45) is 1.35. The highest BCUT2D eigenvalue weighted by molar-refractivity contribution is 14.0. The fraction of sp³-hybridized carbons (Fsp3) is 0.391. The molecule has 0 heterocycles. The molecule has 8 heteroatoms. The topological polar surface area (TPSA) is 75.2 Å². The summed E-state index contributed by atoms with van der Waals surface area (Å²) in [5, 5.41) is 6.30. The van der Waals surface area contributed by atoms with E-state index in [1.165, 1.54) is 0 Å². The number of ether oxygens (including phenoxy) is 2. The number of rotatable bonds is 9. The highest BCUT2D eigenvalue weighted by atomic mass is 127. The zero-order valence-electron chi connectivity index (χ0n) is 18.9. The molecule has 2 N–H and O–H groups in total. The normalized spacial score (nSPS) is 10.7. The largest absolute Gasteiger partial charge is 0.497 e. The number of aliphatic imine (C=N–C) groups is 1. The number of carbonyl (C=O) groups is 1. The fourth-order valence-electron chi connectivity index (χ4n) is 3.09. The first kappa shape index (κ1) is 26.5. The molecule has 0 aromatic heterocycles. The molecule has 1 amide bonds. The van der Waals surface area contributed by atoms with Crippen LogP contribution < -0.4 is 20.1 Å². The van der Waals surface area contributed by atoms with Gasteiger partial charge >= 0.3 is 0 Å². The summed E-state index contributed by atoms with van der Waals surface area (Å²) in [6, 6.07) is 13.6. The molecule has 2 rings (SSSR count). The van der Waals surface area contributed by atoms with Crippen LogP contribution in [-0.2, 0) is 17.9 Å². The van der Waals surface area contributed by atoms with Crippen LogP contribution in [0.4, 0.5) is 5.69 Å². The van der Waals surface area contributed by atoms with E-state index in [2.05, 4.69) is 15.6 Å². The summed E-state index contributed by atoms with van der Waals surface area (Å²) >= 11 is 0. The maximum Gasteiger partial charge on any atom is 0.224 e. The van der Waals surface area contributed by atoms with Crippen molar-refractivity contribution >= 4 is 41.5 Å². The van der Waals surface area contributed by atoms with Gasteiger partial charge in [-0.1, -0.05) is 19.1 Å². The Bertz CT molecular complexity index is 874. The molecule has 0 unspecified atom stereocenters. The number of nitrogens with zero attached hydrogens (tertiary/aromatic N) is 2. The van der Waals surface area contributed by atoms with Crippen LogP contribution in [0.15, 0.2) is 47.5 Å². The van der Waals surface area contributed by atoms with E-state index in [0.717, 1.165) is 40.7 Å². The summed E-state index contributed by atoms with van der Waals surface area (Å²) < 4.78 is 10.8. The highest BCUT2D eigenvalue weighted by Gasteiger charge is 2.11. The zero-order chi connectivity index (χ0) is 21.9. The Morgan fingerprint density at radius 2 is 1.90 bits per heavy atom. The van der Waals surface area contributed by atoms with E-state index >= 15 is 0 Å².